The van der Waals surface area contributed by atoms with E-state index in [1.165, 1.54) is 17.5 Å². The second-order valence-corrected chi connectivity index (χ2v) is 8.22. The molecule has 0 atom stereocenters. The minimum absolute atomic E-state index is 0.0509. The monoisotopic (exact) mass is 466 g/mol. The molecule has 0 saturated heterocycles. The van der Waals surface area contributed by atoms with Crippen molar-refractivity contribution < 1.29 is 30.0 Å². The van der Waals surface area contributed by atoms with E-state index in [0.717, 1.165) is 22.7 Å². The number of carboxylic acid groups (broad SMARTS) is 2. The Bertz CT molecular complexity index is 1370. The van der Waals surface area contributed by atoms with Crippen molar-refractivity contribution in [2.45, 2.75) is 0 Å². The lowest BCUT2D eigenvalue weighted by atomic mass is 10.0. The van der Waals surface area contributed by atoms with E-state index in [9.17, 15) is 30.0 Å². The van der Waals surface area contributed by atoms with Gasteiger partial charge in [-0.25, -0.2) is 9.59 Å². The van der Waals surface area contributed by atoms with Gasteiger partial charge >= 0.3 is 11.9 Å². The second kappa shape index (κ2) is 8.61. The maximum absolute atomic E-state index is 11.9. The summed E-state index contributed by atoms with van der Waals surface area (Å²) in [5.41, 5.74) is 0.942. The molecule has 2 heterocycles. The standard InChI is InChI=1S/C22H14N2O6S2/c25-15-7-3-1-5-11(15)13-9-31-20(18(13)22(29)30)24-23-19-17(14(10-32-19)21(27)28)12-6-2-4-8-16(12)26/h1-10,25-26H,(H,27,28)(H,29,30)/b24-23+. The van der Waals surface area contributed by atoms with Crippen LogP contribution in [0, 0.1) is 0 Å². The number of para-hydroxylation sites is 2. The summed E-state index contributed by atoms with van der Waals surface area (Å²) in [6.45, 7) is 0. The smallest absolute Gasteiger partial charge is 0.339 e. The van der Waals surface area contributed by atoms with Crippen LogP contribution in [-0.2, 0) is 0 Å². The van der Waals surface area contributed by atoms with Gasteiger partial charge in [0.25, 0.3) is 0 Å². The molecular formula is C22H14N2O6S2. The van der Waals surface area contributed by atoms with E-state index < -0.39 is 11.9 Å². The molecule has 0 unspecified atom stereocenters. The van der Waals surface area contributed by atoms with Crippen LogP contribution in [0.2, 0.25) is 0 Å². The number of phenols is 2. The van der Waals surface area contributed by atoms with Crippen LogP contribution >= 0.6 is 22.7 Å². The summed E-state index contributed by atoms with van der Waals surface area (Å²) in [7, 11) is 0. The van der Waals surface area contributed by atoms with Crippen LogP contribution in [-0.4, -0.2) is 32.4 Å². The van der Waals surface area contributed by atoms with Crippen LogP contribution in [0.15, 0.2) is 69.5 Å². The summed E-state index contributed by atoms with van der Waals surface area (Å²) in [4.78, 5) is 23.6. The first-order valence-corrected chi connectivity index (χ1v) is 10.8. The molecule has 0 aliphatic carbocycles. The van der Waals surface area contributed by atoms with E-state index in [2.05, 4.69) is 10.2 Å². The number of azo groups is 1. The molecule has 8 nitrogen and oxygen atoms in total. The number of thiophene rings is 2. The summed E-state index contributed by atoms with van der Waals surface area (Å²) in [6.07, 6.45) is 0. The summed E-state index contributed by atoms with van der Waals surface area (Å²) in [5, 5.41) is 51.1. The highest BCUT2D eigenvalue weighted by atomic mass is 32.1. The Kier molecular flexibility index (Phi) is 5.71. The van der Waals surface area contributed by atoms with Gasteiger partial charge in [0.1, 0.15) is 22.1 Å². The van der Waals surface area contributed by atoms with Crippen LogP contribution in [0.4, 0.5) is 10.0 Å². The van der Waals surface area contributed by atoms with Crippen molar-refractivity contribution in [1.29, 1.82) is 0 Å². The predicted molar refractivity (Wildman–Crippen MR) is 121 cm³/mol. The predicted octanol–water partition coefficient (Wildman–Crippen LogP) is 6.37. The van der Waals surface area contributed by atoms with Crippen molar-refractivity contribution in [3.8, 4) is 33.8 Å². The summed E-state index contributed by atoms with van der Waals surface area (Å²) < 4.78 is 0. The highest BCUT2D eigenvalue weighted by Gasteiger charge is 2.23. The zero-order valence-electron chi connectivity index (χ0n) is 16.1. The number of carboxylic acids is 2. The molecule has 4 aromatic rings. The fraction of sp³-hybridized carbons (Fsp3) is 0. The fourth-order valence-corrected chi connectivity index (χ4v) is 4.89. The SMILES string of the molecule is O=C(O)c1csc(/N=N/c2scc(-c3ccccc3O)c2C(=O)O)c1-c1ccccc1O. The van der Waals surface area contributed by atoms with Gasteiger partial charge in [0.15, 0.2) is 5.00 Å². The normalized spacial score (nSPS) is 11.1. The van der Waals surface area contributed by atoms with E-state index in [-0.39, 0.29) is 43.8 Å². The molecule has 0 aliphatic rings. The van der Waals surface area contributed by atoms with Crippen LogP contribution in [0.25, 0.3) is 22.3 Å². The maximum Gasteiger partial charge on any atom is 0.339 e. The Morgan fingerprint density at radius 1 is 0.688 bits per heavy atom. The molecule has 4 rings (SSSR count). The third-order valence-electron chi connectivity index (χ3n) is 4.59. The van der Waals surface area contributed by atoms with Crippen molar-refractivity contribution >= 4 is 44.6 Å². The second-order valence-electron chi connectivity index (χ2n) is 6.50. The van der Waals surface area contributed by atoms with Gasteiger partial charge in [0, 0.05) is 33.0 Å². The van der Waals surface area contributed by atoms with Gasteiger partial charge in [-0.05, 0) is 12.1 Å². The fourth-order valence-electron chi connectivity index (χ4n) is 3.14. The number of phenolic OH excluding ortho intramolecular Hbond substituents is 2. The number of nitrogens with zero attached hydrogens (tertiary/aromatic N) is 2. The van der Waals surface area contributed by atoms with Crippen molar-refractivity contribution in [1.82, 2.24) is 0 Å². The number of benzene rings is 2. The highest BCUT2D eigenvalue weighted by Crippen LogP contribution is 2.45. The Hall–Kier alpha value is -4.02. The van der Waals surface area contributed by atoms with Crippen LogP contribution in [0.3, 0.4) is 0 Å². The minimum atomic E-state index is -1.24. The molecule has 0 fully saturated rings. The van der Waals surface area contributed by atoms with Crippen molar-refractivity contribution in [2.75, 3.05) is 0 Å². The van der Waals surface area contributed by atoms with E-state index in [4.69, 9.17) is 0 Å². The molecule has 0 aliphatic heterocycles. The number of rotatable bonds is 6. The van der Waals surface area contributed by atoms with E-state index in [1.54, 1.807) is 41.8 Å². The highest BCUT2D eigenvalue weighted by molar-refractivity contribution is 7.15. The number of aromatic hydroxyl groups is 2. The van der Waals surface area contributed by atoms with Crippen LogP contribution in [0.1, 0.15) is 20.7 Å². The molecule has 4 N–H and O–H groups in total. The number of hydrogen-bond acceptors (Lipinski definition) is 8. The van der Waals surface area contributed by atoms with Gasteiger partial charge in [-0.1, -0.05) is 36.4 Å². The largest absolute Gasteiger partial charge is 0.507 e. The maximum atomic E-state index is 11.9. The van der Waals surface area contributed by atoms with Gasteiger partial charge in [-0.3, -0.25) is 0 Å². The molecule has 32 heavy (non-hydrogen) atoms. The van der Waals surface area contributed by atoms with Crippen LogP contribution in [0.5, 0.6) is 11.5 Å². The number of aromatic carboxylic acids is 2. The molecular weight excluding hydrogens is 452 g/mol. The summed E-state index contributed by atoms with van der Waals surface area (Å²) >= 11 is 2.04. The molecule has 0 radical (unpaired) electrons. The number of hydrogen-bond donors (Lipinski definition) is 4. The van der Waals surface area contributed by atoms with Crippen LogP contribution < -0.4 is 0 Å². The zero-order valence-corrected chi connectivity index (χ0v) is 17.7. The van der Waals surface area contributed by atoms with Crippen molar-refractivity contribution in [3.05, 3.63) is 70.4 Å². The van der Waals surface area contributed by atoms with Gasteiger partial charge < -0.3 is 20.4 Å². The van der Waals surface area contributed by atoms with Gasteiger partial charge in [-0.2, -0.15) is 0 Å². The summed E-state index contributed by atoms with van der Waals surface area (Å²) in [5.74, 6) is -2.61. The van der Waals surface area contributed by atoms with Crippen molar-refractivity contribution in [3.63, 3.8) is 0 Å². The van der Waals surface area contributed by atoms with Gasteiger partial charge in [0.2, 0.25) is 0 Å². The van der Waals surface area contributed by atoms with Gasteiger partial charge in [0.05, 0.1) is 5.56 Å². The first kappa shape index (κ1) is 21.2. The average Bonchev–Trinajstić information content (AvgIpc) is 3.37. The lowest BCUT2D eigenvalue weighted by Gasteiger charge is -2.05. The first-order chi connectivity index (χ1) is 15.4. The van der Waals surface area contributed by atoms with E-state index in [0.29, 0.717) is 11.1 Å². The molecule has 0 amide bonds. The van der Waals surface area contributed by atoms with Crippen molar-refractivity contribution in [2.24, 2.45) is 10.2 Å². The topological polar surface area (TPSA) is 140 Å². The molecule has 0 bridgehead atoms. The quantitative estimate of drug-likeness (QED) is 0.244. The average molecular weight is 466 g/mol. The molecule has 2 aromatic carbocycles. The van der Waals surface area contributed by atoms with E-state index in [1.807, 2.05) is 0 Å². The Balaban J connectivity index is 1.82. The molecule has 0 saturated carbocycles. The number of carbonyl (C=O) groups is 2. The van der Waals surface area contributed by atoms with E-state index >= 15 is 0 Å². The lowest BCUT2D eigenvalue weighted by Crippen LogP contribution is -1.97. The third kappa shape index (κ3) is 3.84. The minimum Gasteiger partial charge on any atom is -0.507 e. The molecule has 2 aromatic heterocycles. The molecule has 10 heteroatoms. The zero-order chi connectivity index (χ0) is 22.8. The Morgan fingerprint density at radius 3 is 1.84 bits per heavy atom. The Labute approximate surface area is 189 Å². The lowest BCUT2D eigenvalue weighted by molar-refractivity contribution is 0.0688. The molecule has 160 valence electrons. The Morgan fingerprint density at radius 2 is 1.25 bits per heavy atom. The third-order valence-corrected chi connectivity index (χ3v) is 6.31. The first-order valence-electron chi connectivity index (χ1n) is 9.06. The molecule has 0 spiro atoms. The van der Waals surface area contributed by atoms with Gasteiger partial charge in [-0.15, -0.1) is 32.9 Å². The summed E-state index contributed by atoms with van der Waals surface area (Å²) in [6, 6.07) is 12.6.